The smallest absolute Gasteiger partial charge is 0.174 e. The molecule has 0 aliphatic carbocycles. The molecule has 0 unspecified atom stereocenters. The number of benzene rings is 2. The van der Waals surface area contributed by atoms with Gasteiger partial charge < -0.3 is 30.7 Å². The molecule has 0 radical (unpaired) electrons. The zero-order chi connectivity index (χ0) is 18.2. The fourth-order valence-electron chi connectivity index (χ4n) is 2.40. The van der Waals surface area contributed by atoms with Gasteiger partial charge in [-0.15, -0.1) is 0 Å². The Kier molecular flexibility index (Phi) is 6.73. The van der Waals surface area contributed by atoms with Crippen molar-refractivity contribution in [1.82, 2.24) is 10.6 Å². The van der Waals surface area contributed by atoms with E-state index in [9.17, 15) is 0 Å². The number of hydrogen-bond donors (Lipinski definition) is 4. The summed E-state index contributed by atoms with van der Waals surface area (Å²) in [7, 11) is 0. The van der Waals surface area contributed by atoms with Gasteiger partial charge in [0.15, 0.2) is 22.7 Å². The number of ether oxygens (including phenoxy) is 2. The average molecular weight is 389 g/mol. The molecule has 1 saturated heterocycles. The van der Waals surface area contributed by atoms with Crippen LogP contribution in [0, 0.1) is 0 Å². The minimum Gasteiger partial charge on any atom is -0.351 e. The van der Waals surface area contributed by atoms with Crippen LogP contribution >= 0.6 is 24.4 Å². The summed E-state index contributed by atoms with van der Waals surface area (Å²) in [4.78, 5) is 0. The van der Waals surface area contributed by atoms with Gasteiger partial charge in [-0.2, -0.15) is 0 Å². The molecule has 0 aromatic heterocycles. The van der Waals surface area contributed by atoms with E-state index in [1.54, 1.807) is 0 Å². The van der Waals surface area contributed by atoms with Gasteiger partial charge in [0.1, 0.15) is 0 Å². The first-order valence-electron chi connectivity index (χ1n) is 8.19. The fourth-order valence-corrected chi connectivity index (χ4v) is 2.86. The highest BCUT2D eigenvalue weighted by molar-refractivity contribution is 7.80. The summed E-state index contributed by atoms with van der Waals surface area (Å²) in [6, 6.07) is 19.4. The Hall–Kier alpha value is -2.26. The van der Waals surface area contributed by atoms with Crippen LogP contribution in [0.25, 0.3) is 0 Å². The van der Waals surface area contributed by atoms with Crippen LogP contribution in [0.5, 0.6) is 0 Å². The van der Waals surface area contributed by atoms with E-state index < -0.39 is 12.5 Å². The first kappa shape index (κ1) is 18.5. The monoisotopic (exact) mass is 388 g/mol. The van der Waals surface area contributed by atoms with Crippen LogP contribution < -0.4 is 21.3 Å². The van der Waals surface area contributed by atoms with Crippen molar-refractivity contribution in [2.24, 2.45) is 0 Å². The maximum atomic E-state index is 5.74. The van der Waals surface area contributed by atoms with Crippen LogP contribution in [0.4, 0.5) is 11.4 Å². The van der Waals surface area contributed by atoms with Gasteiger partial charge in [-0.1, -0.05) is 36.4 Å². The Labute approximate surface area is 163 Å². The first-order valence-corrected chi connectivity index (χ1v) is 9.01. The third-order valence-corrected chi connectivity index (χ3v) is 4.00. The van der Waals surface area contributed by atoms with E-state index in [2.05, 4.69) is 21.3 Å². The van der Waals surface area contributed by atoms with Gasteiger partial charge in [0, 0.05) is 11.4 Å². The molecule has 0 spiro atoms. The maximum absolute atomic E-state index is 5.74. The van der Waals surface area contributed by atoms with E-state index in [4.69, 9.17) is 33.9 Å². The Bertz CT molecular complexity index is 667. The molecular weight excluding hydrogens is 368 g/mol. The lowest BCUT2D eigenvalue weighted by Gasteiger charge is -2.34. The molecule has 2 aromatic carbocycles. The molecule has 136 valence electrons. The average Bonchev–Trinajstić information content (AvgIpc) is 2.65. The van der Waals surface area contributed by atoms with Gasteiger partial charge >= 0.3 is 0 Å². The number of rotatable bonds is 4. The Balaban J connectivity index is 1.53. The van der Waals surface area contributed by atoms with Crippen LogP contribution in [0.3, 0.4) is 0 Å². The van der Waals surface area contributed by atoms with Crippen LogP contribution in [0.15, 0.2) is 60.7 Å². The number of para-hydroxylation sites is 2. The maximum Gasteiger partial charge on any atom is 0.174 e. The predicted octanol–water partition coefficient (Wildman–Crippen LogP) is 2.66. The van der Waals surface area contributed by atoms with E-state index in [1.807, 2.05) is 60.7 Å². The zero-order valence-corrected chi connectivity index (χ0v) is 15.6. The molecule has 4 N–H and O–H groups in total. The SMILES string of the molecule is S=C(Nc1ccccc1)N[C@@H]1OCCO[C@@H]1NC(=S)Nc1ccccc1. The van der Waals surface area contributed by atoms with Crippen molar-refractivity contribution < 1.29 is 9.47 Å². The van der Waals surface area contributed by atoms with Crippen molar-refractivity contribution in [3.05, 3.63) is 60.7 Å². The highest BCUT2D eigenvalue weighted by Crippen LogP contribution is 2.10. The molecule has 0 amide bonds. The lowest BCUT2D eigenvalue weighted by Crippen LogP contribution is -2.58. The van der Waals surface area contributed by atoms with Crippen molar-refractivity contribution in [2.75, 3.05) is 23.8 Å². The van der Waals surface area contributed by atoms with Crippen LogP contribution in [-0.2, 0) is 9.47 Å². The molecule has 2 aromatic rings. The summed E-state index contributed by atoms with van der Waals surface area (Å²) in [5.74, 6) is 0. The summed E-state index contributed by atoms with van der Waals surface area (Å²) in [5, 5.41) is 13.3. The van der Waals surface area contributed by atoms with Gasteiger partial charge in [0.2, 0.25) is 0 Å². The van der Waals surface area contributed by atoms with E-state index in [0.717, 1.165) is 11.4 Å². The molecule has 0 bridgehead atoms. The highest BCUT2D eigenvalue weighted by Gasteiger charge is 2.28. The number of anilines is 2. The normalized spacial score (nSPS) is 19.2. The number of thiocarbonyl (C=S) groups is 2. The highest BCUT2D eigenvalue weighted by atomic mass is 32.1. The van der Waals surface area contributed by atoms with Gasteiger partial charge in [0.25, 0.3) is 0 Å². The minimum atomic E-state index is -0.469. The van der Waals surface area contributed by atoms with Gasteiger partial charge in [-0.05, 0) is 48.7 Å². The predicted molar refractivity (Wildman–Crippen MR) is 111 cm³/mol. The van der Waals surface area contributed by atoms with Crippen molar-refractivity contribution >= 4 is 46.0 Å². The Morgan fingerprint density at radius 1 is 0.692 bits per heavy atom. The summed E-state index contributed by atoms with van der Waals surface area (Å²) < 4.78 is 11.5. The molecule has 3 rings (SSSR count). The molecular formula is C18H20N4O2S2. The Morgan fingerprint density at radius 2 is 1.08 bits per heavy atom. The third-order valence-electron chi connectivity index (χ3n) is 3.56. The molecule has 0 saturated carbocycles. The van der Waals surface area contributed by atoms with Gasteiger partial charge in [-0.3, -0.25) is 0 Å². The quantitative estimate of drug-likeness (QED) is 0.596. The molecule has 26 heavy (non-hydrogen) atoms. The molecule has 1 aliphatic rings. The second-order valence-corrected chi connectivity index (χ2v) is 6.33. The van der Waals surface area contributed by atoms with Crippen LogP contribution in [-0.4, -0.2) is 35.9 Å². The molecule has 2 atom stereocenters. The molecule has 1 heterocycles. The van der Waals surface area contributed by atoms with E-state index in [-0.39, 0.29) is 0 Å². The molecule has 1 fully saturated rings. The number of hydrogen-bond acceptors (Lipinski definition) is 4. The topological polar surface area (TPSA) is 66.6 Å². The summed E-state index contributed by atoms with van der Waals surface area (Å²) >= 11 is 10.7. The van der Waals surface area contributed by atoms with Gasteiger partial charge in [0.05, 0.1) is 13.2 Å². The van der Waals surface area contributed by atoms with Gasteiger partial charge in [-0.25, -0.2) is 0 Å². The molecule has 6 nitrogen and oxygen atoms in total. The van der Waals surface area contributed by atoms with Crippen molar-refractivity contribution in [2.45, 2.75) is 12.5 Å². The second-order valence-electron chi connectivity index (χ2n) is 5.51. The molecule has 1 aliphatic heterocycles. The third kappa shape index (κ3) is 5.63. The lowest BCUT2D eigenvalue weighted by atomic mass is 10.3. The fraction of sp³-hybridized carbons (Fsp3) is 0.222. The van der Waals surface area contributed by atoms with Crippen molar-refractivity contribution in [3.63, 3.8) is 0 Å². The largest absolute Gasteiger partial charge is 0.351 e. The second kappa shape index (κ2) is 9.44. The standard InChI is InChI=1S/C18H20N4O2S2/c25-17(19-13-7-3-1-4-8-13)21-15-16(24-12-11-23-15)22-18(26)20-14-9-5-2-6-10-14/h1-10,15-16H,11-12H2,(H2,19,21,25)(H2,20,22,26)/t15-,16+. The van der Waals surface area contributed by atoms with E-state index in [0.29, 0.717) is 23.4 Å². The first-order chi connectivity index (χ1) is 12.7. The van der Waals surface area contributed by atoms with Crippen LogP contribution in [0.2, 0.25) is 0 Å². The number of nitrogens with one attached hydrogen (secondary N) is 4. The molecule has 8 heteroatoms. The Morgan fingerprint density at radius 3 is 1.46 bits per heavy atom. The van der Waals surface area contributed by atoms with E-state index >= 15 is 0 Å². The summed E-state index contributed by atoms with van der Waals surface area (Å²) in [6.07, 6.45) is -0.939. The van der Waals surface area contributed by atoms with Crippen molar-refractivity contribution in [3.8, 4) is 0 Å². The van der Waals surface area contributed by atoms with E-state index in [1.165, 1.54) is 0 Å². The van der Waals surface area contributed by atoms with Crippen LogP contribution in [0.1, 0.15) is 0 Å². The summed E-state index contributed by atoms with van der Waals surface area (Å²) in [5.41, 5.74) is 1.79. The zero-order valence-electron chi connectivity index (χ0n) is 14.0. The minimum absolute atomic E-state index is 0.445. The summed E-state index contributed by atoms with van der Waals surface area (Å²) in [6.45, 7) is 0.950. The van der Waals surface area contributed by atoms with Crippen molar-refractivity contribution in [1.29, 1.82) is 0 Å². The lowest BCUT2D eigenvalue weighted by molar-refractivity contribution is -0.149.